The van der Waals surface area contributed by atoms with Crippen molar-refractivity contribution in [3.8, 4) is 5.75 Å². The van der Waals surface area contributed by atoms with Crippen LogP contribution < -0.4 is 15.8 Å². The summed E-state index contributed by atoms with van der Waals surface area (Å²) in [7, 11) is 0. The molecule has 118 valence electrons. The number of hydrogen-bond donors (Lipinski definition) is 2. The number of nitrogens with one attached hydrogen (secondary N) is 1. The lowest BCUT2D eigenvalue weighted by molar-refractivity contribution is 0.306. The fourth-order valence-electron chi connectivity index (χ4n) is 2.18. The van der Waals surface area contributed by atoms with Crippen molar-refractivity contribution in [3.63, 3.8) is 0 Å². The lowest BCUT2D eigenvalue weighted by atomic mass is 10.1. The number of benzene rings is 2. The summed E-state index contributed by atoms with van der Waals surface area (Å²) in [5.74, 6) is 0.894. The average molecular weight is 298 g/mol. The summed E-state index contributed by atoms with van der Waals surface area (Å²) in [6.07, 6.45) is 0.992. The minimum absolute atomic E-state index is 0.218. The summed E-state index contributed by atoms with van der Waals surface area (Å²) in [6, 6.07) is 19.0. The van der Waals surface area contributed by atoms with Crippen LogP contribution in [0.3, 0.4) is 0 Å². The second-order valence-corrected chi connectivity index (χ2v) is 5.64. The van der Waals surface area contributed by atoms with E-state index in [9.17, 15) is 0 Å². The normalized spacial score (nSPS) is 13.6. The third-order valence-electron chi connectivity index (χ3n) is 3.84. The van der Waals surface area contributed by atoms with E-state index in [0.717, 1.165) is 18.7 Å². The van der Waals surface area contributed by atoms with Crippen LogP contribution >= 0.6 is 0 Å². The first-order valence-corrected chi connectivity index (χ1v) is 7.94. The van der Waals surface area contributed by atoms with Crippen LogP contribution in [0.15, 0.2) is 54.6 Å². The lowest BCUT2D eigenvalue weighted by Crippen LogP contribution is -2.34. The molecule has 0 saturated carbocycles. The van der Waals surface area contributed by atoms with Crippen LogP contribution in [0.4, 0.5) is 0 Å². The molecule has 2 rings (SSSR count). The minimum atomic E-state index is 0.218. The molecule has 22 heavy (non-hydrogen) atoms. The van der Waals surface area contributed by atoms with Crippen molar-refractivity contribution < 1.29 is 4.74 Å². The molecule has 0 aliphatic heterocycles. The van der Waals surface area contributed by atoms with Gasteiger partial charge in [-0.25, -0.2) is 0 Å². The van der Waals surface area contributed by atoms with E-state index in [2.05, 4.69) is 43.4 Å². The maximum absolute atomic E-state index is 5.94. The number of nitrogens with two attached hydrogens (primary N) is 1. The molecule has 0 amide bonds. The Bertz CT molecular complexity index is 539. The maximum atomic E-state index is 5.94. The first-order valence-electron chi connectivity index (χ1n) is 7.94. The lowest BCUT2D eigenvalue weighted by Gasteiger charge is -2.17. The molecule has 2 unspecified atom stereocenters. The van der Waals surface area contributed by atoms with E-state index in [1.54, 1.807) is 0 Å². The van der Waals surface area contributed by atoms with E-state index in [4.69, 9.17) is 10.5 Å². The Morgan fingerprint density at radius 3 is 2.36 bits per heavy atom. The van der Waals surface area contributed by atoms with Gasteiger partial charge in [-0.2, -0.15) is 0 Å². The molecule has 0 aromatic heterocycles. The van der Waals surface area contributed by atoms with Crippen molar-refractivity contribution in [2.45, 2.75) is 39.0 Å². The Morgan fingerprint density at radius 2 is 1.73 bits per heavy atom. The van der Waals surface area contributed by atoms with Crippen molar-refractivity contribution in [2.24, 2.45) is 5.73 Å². The Balaban J connectivity index is 1.84. The average Bonchev–Trinajstić information content (AvgIpc) is 2.59. The number of hydrogen-bond acceptors (Lipinski definition) is 3. The topological polar surface area (TPSA) is 47.3 Å². The molecule has 2 atom stereocenters. The van der Waals surface area contributed by atoms with Crippen molar-refractivity contribution in [1.29, 1.82) is 0 Å². The molecule has 0 heterocycles. The SMILES string of the molecule is CCC(N)CNC(C)c1ccc(OCc2ccccc2)cc1. The Labute approximate surface area is 133 Å². The molecule has 0 saturated heterocycles. The fourth-order valence-corrected chi connectivity index (χ4v) is 2.18. The Kier molecular flexibility index (Phi) is 6.44. The highest BCUT2D eigenvalue weighted by atomic mass is 16.5. The molecule has 0 bridgehead atoms. The summed E-state index contributed by atoms with van der Waals surface area (Å²) < 4.78 is 5.80. The Hall–Kier alpha value is -1.84. The van der Waals surface area contributed by atoms with Crippen molar-refractivity contribution in [1.82, 2.24) is 5.32 Å². The smallest absolute Gasteiger partial charge is 0.119 e. The van der Waals surface area contributed by atoms with Crippen LogP contribution in [0.5, 0.6) is 5.75 Å². The standard InChI is InChI=1S/C19H26N2O/c1-3-18(20)13-21-15(2)17-9-11-19(12-10-17)22-14-16-7-5-4-6-8-16/h4-12,15,18,21H,3,13-14,20H2,1-2H3. The van der Waals surface area contributed by atoms with E-state index in [1.165, 1.54) is 11.1 Å². The molecular formula is C19H26N2O. The third-order valence-corrected chi connectivity index (χ3v) is 3.84. The van der Waals surface area contributed by atoms with Gasteiger partial charge in [0.1, 0.15) is 12.4 Å². The maximum Gasteiger partial charge on any atom is 0.119 e. The quantitative estimate of drug-likeness (QED) is 0.782. The van der Waals surface area contributed by atoms with Crippen LogP contribution in [-0.4, -0.2) is 12.6 Å². The largest absolute Gasteiger partial charge is 0.489 e. The first kappa shape index (κ1) is 16.5. The molecule has 3 heteroatoms. The van der Waals surface area contributed by atoms with E-state index in [-0.39, 0.29) is 6.04 Å². The third kappa shape index (κ3) is 5.17. The molecule has 2 aromatic carbocycles. The van der Waals surface area contributed by atoms with Crippen LogP contribution in [0.2, 0.25) is 0 Å². The predicted octanol–water partition coefficient (Wildman–Crippen LogP) is 3.65. The second-order valence-electron chi connectivity index (χ2n) is 5.64. The highest BCUT2D eigenvalue weighted by Gasteiger charge is 2.07. The first-order chi connectivity index (χ1) is 10.7. The molecule has 0 aliphatic carbocycles. The van der Waals surface area contributed by atoms with Gasteiger partial charge in [0.2, 0.25) is 0 Å². The monoisotopic (exact) mass is 298 g/mol. The fraction of sp³-hybridized carbons (Fsp3) is 0.368. The van der Waals surface area contributed by atoms with Gasteiger partial charge in [0.25, 0.3) is 0 Å². The van der Waals surface area contributed by atoms with Gasteiger partial charge in [0.05, 0.1) is 0 Å². The van der Waals surface area contributed by atoms with E-state index in [1.807, 2.05) is 30.3 Å². The van der Waals surface area contributed by atoms with E-state index in [0.29, 0.717) is 12.6 Å². The van der Waals surface area contributed by atoms with Gasteiger partial charge in [-0.1, -0.05) is 49.4 Å². The van der Waals surface area contributed by atoms with Crippen molar-refractivity contribution in [3.05, 3.63) is 65.7 Å². The molecule has 0 radical (unpaired) electrons. The predicted molar refractivity (Wildman–Crippen MR) is 91.9 cm³/mol. The van der Waals surface area contributed by atoms with Gasteiger partial charge in [-0.15, -0.1) is 0 Å². The number of ether oxygens (including phenoxy) is 1. The summed E-state index contributed by atoms with van der Waals surface area (Å²) in [6.45, 7) is 5.70. The molecule has 3 nitrogen and oxygen atoms in total. The molecule has 0 spiro atoms. The second kappa shape index (κ2) is 8.57. The van der Waals surface area contributed by atoms with Gasteiger partial charge in [-0.3, -0.25) is 0 Å². The van der Waals surface area contributed by atoms with Gasteiger partial charge in [-0.05, 0) is 36.6 Å². The van der Waals surface area contributed by atoms with Gasteiger partial charge >= 0.3 is 0 Å². The highest BCUT2D eigenvalue weighted by molar-refractivity contribution is 5.29. The molecule has 0 fully saturated rings. The van der Waals surface area contributed by atoms with Gasteiger partial charge in [0, 0.05) is 18.6 Å². The molecule has 3 N–H and O–H groups in total. The highest BCUT2D eigenvalue weighted by Crippen LogP contribution is 2.18. The number of rotatable bonds is 8. The van der Waals surface area contributed by atoms with Gasteiger partial charge in [0.15, 0.2) is 0 Å². The minimum Gasteiger partial charge on any atom is -0.489 e. The van der Waals surface area contributed by atoms with Crippen LogP contribution in [0.1, 0.15) is 37.4 Å². The van der Waals surface area contributed by atoms with Crippen molar-refractivity contribution in [2.75, 3.05) is 6.54 Å². The van der Waals surface area contributed by atoms with Gasteiger partial charge < -0.3 is 15.8 Å². The summed E-state index contributed by atoms with van der Waals surface area (Å²) in [5.41, 5.74) is 8.36. The molecule has 2 aromatic rings. The zero-order valence-corrected chi connectivity index (χ0v) is 13.5. The molecular weight excluding hydrogens is 272 g/mol. The zero-order valence-electron chi connectivity index (χ0n) is 13.5. The summed E-state index contributed by atoms with van der Waals surface area (Å²) in [5, 5.41) is 3.46. The Morgan fingerprint density at radius 1 is 1.05 bits per heavy atom. The van der Waals surface area contributed by atoms with E-state index >= 15 is 0 Å². The van der Waals surface area contributed by atoms with E-state index < -0.39 is 0 Å². The van der Waals surface area contributed by atoms with Crippen LogP contribution in [0.25, 0.3) is 0 Å². The van der Waals surface area contributed by atoms with Crippen LogP contribution in [0, 0.1) is 0 Å². The molecule has 0 aliphatic rings. The summed E-state index contributed by atoms with van der Waals surface area (Å²) >= 11 is 0. The van der Waals surface area contributed by atoms with Crippen molar-refractivity contribution >= 4 is 0 Å². The zero-order chi connectivity index (χ0) is 15.8. The van der Waals surface area contributed by atoms with Crippen LogP contribution in [-0.2, 0) is 6.61 Å². The summed E-state index contributed by atoms with van der Waals surface area (Å²) in [4.78, 5) is 0.